The molecule has 0 bridgehead atoms. The predicted molar refractivity (Wildman–Crippen MR) is 109 cm³/mol. The lowest BCUT2D eigenvalue weighted by Gasteiger charge is -2.10. The number of amides is 1. The topological polar surface area (TPSA) is 88.0 Å². The van der Waals surface area contributed by atoms with Gasteiger partial charge >= 0.3 is 0 Å². The molecule has 0 atom stereocenters. The summed E-state index contributed by atoms with van der Waals surface area (Å²) in [6, 6.07) is 13.9. The molecule has 0 aliphatic carbocycles. The van der Waals surface area contributed by atoms with Gasteiger partial charge in [0.15, 0.2) is 0 Å². The van der Waals surface area contributed by atoms with Gasteiger partial charge in [0.25, 0.3) is 5.91 Å². The predicted octanol–water partition coefficient (Wildman–Crippen LogP) is 4.96. The molecule has 1 amide bonds. The number of rotatable bonds is 3. The molecule has 0 fully saturated rings. The summed E-state index contributed by atoms with van der Waals surface area (Å²) in [4.78, 5) is 25.1. The molecule has 2 aromatic heterocycles. The van der Waals surface area contributed by atoms with Crippen LogP contribution in [0.5, 0.6) is 5.88 Å². The van der Waals surface area contributed by atoms with Crippen LogP contribution in [0.2, 0.25) is 10.0 Å². The van der Waals surface area contributed by atoms with Crippen molar-refractivity contribution in [3.8, 4) is 17.1 Å². The number of anilines is 1. The maximum atomic E-state index is 12.4. The number of aromatic hydroxyl groups is 1. The molecule has 2 N–H and O–H groups in total. The Morgan fingerprint density at radius 2 is 1.71 bits per heavy atom. The zero-order chi connectivity index (χ0) is 19.7. The number of halogens is 2. The first-order valence-corrected chi connectivity index (χ1v) is 8.94. The van der Waals surface area contributed by atoms with E-state index in [-0.39, 0.29) is 16.5 Å². The van der Waals surface area contributed by atoms with Crippen LogP contribution in [0.1, 0.15) is 10.4 Å². The first kappa shape index (κ1) is 18.2. The average molecular weight is 411 g/mol. The third-order valence-corrected chi connectivity index (χ3v) is 4.64. The van der Waals surface area contributed by atoms with E-state index in [9.17, 15) is 9.90 Å². The van der Waals surface area contributed by atoms with Crippen LogP contribution in [-0.2, 0) is 0 Å². The van der Waals surface area contributed by atoms with Crippen molar-refractivity contribution in [3.05, 3.63) is 76.5 Å². The molecule has 0 aliphatic rings. The Hall–Kier alpha value is -3.22. The van der Waals surface area contributed by atoms with Crippen molar-refractivity contribution in [2.24, 2.45) is 0 Å². The van der Waals surface area contributed by atoms with Crippen molar-refractivity contribution in [2.75, 3.05) is 5.32 Å². The van der Waals surface area contributed by atoms with Crippen LogP contribution >= 0.6 is 23.2 Å². The second-order valence-electron chi connectivity index (χ2n) is 5.92. The van der Waals surface area contributed by atoms with Crippen molar-refractivity contribution < 1.29 is 9.90 Å². The summed E-state index contributed by atoms with van der Waals surface area (Å²) < 4.78 is 0. The van der Waals surface area contributed by atoms with E-state index in [0.29, 0.717) is 22.0 Å². The second kappa shape index (κ2) is 7.42. The average Bonchev–Trinajstić information content (AvgIpc) is 2.71. The fourth-order valence-electron chi connectivity index (χ4n) is 2.64. The SMILES string of the molecule is O=C(Nc1ccc(Cl)c(-c2cnc3ccccc3n2)c1)c1cnc(O)c(Cl)c1. The number of nitrogens with zero attached hydrogens (tertiary/aromatic N) is 3. The Balaban J connectivity index is 1.66. The third-order valence-electron chi connectivity index (χ3n) is 4.03. The van der Waals surface area contributed by atoms with Gasteiger partial charge in [-0.2, -0.15) is 0 Å². The molecule has 8 heteroatoms. The fraction of sp³-hybridized carbons (Fsp3) is 0. The molecule has 4 rings (SSSR count). The maximum Gasteiger partial charge on any atom is 0.257 e. The summed E-state index contributed by atoms with van der Waals surface area (Å²) in [6.07, 6.45) is 2.88. The molecule has 4 aromatic rings. The number of nitrogens with one attached hydrogen (secondary N) is 1. The van der Waals surface area contributed by atoms with Gasteiger partial charge in [-0.05, 0) is 36.4 Å². The van der Waals surface area contributed by atoms with Gasteiger partial charge in [-0.3, -0.25) is 9.78 Å². The number of carbonyl (C=O) groups is 1. The van der Waals surface area contributed by atoms with Crippen LogP contribution in [-0.4, -0.2) is 26.0 Å². The van der Waals surface area contributed by atoms with Gasteiger partial charge in [-0.15, -0.1) is 0 Å². The minimum absolute atomic E-state index is 0.00381. The molecule has 0 saturated heterocycles. The first-order chi connectivity index (χ1) is 13.5. The minimum Gasteiger partial charge on any atom is -0.492 e. The van der Waals surface area contributed by atoms with Crippen molar-refractivity contribution in [2.45, 2.75) is 0 Å². The summed E-state index contributed by atoms with van der Waals surface area (Å²) in [5.41, 5.74) is 3.49. The number of aromatic nitrogens is 3. The molecule has 0 spiro atoms. The van der Waals surface area contributed by atoms with E-state index in [1.54, 1.807) is 24.4 Å². The molecule has 0 saturated carbocycles. The van der Waals surface area contributed by atoms with E-state index in [2.05, 4.69) is 20.3 Å². The number of fused-ring (bicyclic) bond motifs is 1. The summed E-state index contributed by atoms with van der Waals surface area (Å²) in [5.74, 6) is -0.755. The zero-order valence-corrected chi connectivity index (χ0v) is 15.7. The molecule has 0 radical (unpaired) electrons. The van der Waals surface area contributed by atoms with Crippen LogP contribution in [0.4, 0.5) is 5.69 Å². The first-order valence-electron chi connectivity index (χ1n) is 8.19. The zero-order valence-electron chi connectivity index (χ0n) is 14.2. The fourth-order valence-corrected chi connectivity index (χ4v) is 3.03. The van der Waals surface area contributed by atoms with Gasteiger partial charge in [0, 0.05) is 17.4 Å². The molecule has 0 unspecified atom stereocenters. The summed E-state index contributed by atoms with van der Waals surface area (Å²) in [6.45, 7) is 0. The number of carbonyl (C=O) groups excluding carboxylic acids is 1. The van der Waals surface area contributed by atoms with E-state index < -0.39 is 5.91 Å². The highest BCUT2D eigenvalue weighted by Crippen LogP contribution is 2.30. The Morgan fingerprint density at radius 3 is 2.50 bits per heavy atom. The lowest BCUT2D eigenvalue weighted by Crippen LogP contribution is -2.12. The maximum absolute atomic E-state index is 12.4. The molecule has 2 heterocycles. The summed E-state index contributed by atoms with van der Waals surface area (Å²) in [5, 5.41) is 12.6. The van der Waals surface area contributed by atoms with Crippen molar-refractivity contribution >= 4 is 45.8 Å². The van der Waals surface area contributed by atoms with Gasteiger partial charge in [-0.1, -0.05) is 35.3 Å². The number of benzene rings is 2. The van der Waals surface area contributed by atoms with E-state index >= 15 is 0 Å². The molecule has 6 nitrogen and oxygen atoms in total. The van der Waals surface area contributed by atoms with Crippen molar-refractivity contribution in [3.63, 3.8) is 0 Å². The van der Waals surface area contributed by atoms with Gasteiger partial charge in [0.1, 0.15) is 5.02 Å². The van der Waals surface area contributed by atoms with Crippen LogP contribution in [0, 0.1) is 0 Å². The normalized spacial score (nSPS) is 10.8. The summed E-state index contributed by atoms with van der Waals surface area (Å²) >= 11 is 12.1. The second-order valence-corrected chi connectivity index (χ2v) is 6.74. The van der Waals surface area contributed by atoms with Crippen LogP contribution in [0.15, 0.2) is 60.9 Å². The molecular weight excluding hydrogens is 399 g/mol. The Labute approximate surface area is 169 Å². The smallest absolute Gasteiger partial charge is 0.257 e. The number of pyridine rings is 1. The van der Waals surface area contributed by atoms with Crippen molar-refractivity contribution in [1.29, 1.82) is 0 Å². The quantitative estimate of drug-likeness (QED) is 0.498. The number of hydrogen-bond acceptors (Lipinski definition) is 5. The highest BCUT2D eigenvalue weighted by atomic mass is 35.5. The van der Waals surface area contributed by atoms with E-state index in [1.807, 2.05) is 24.3 Å². The van der Waals surface area contributed by atoms with Gasteiger partial charge in [-0.25, -0.2) is 9.97 Å². The van der Waals surface area contributed by atoms with Crippen molar-refractivity contribution in [1.82, 2.24) is 15.0 Å². The lowest BCUT2D eigenvalue weighted by molar-refractivity contribution is 0.102. The van der Waals surface area contributed by atoms with E-state index in [4.69, 9.17) is 23.2 Å². The van der Waals surface area contributed by atoms with E-state index in [1.165, 1.54) is 12.3 Å². The van der Waals surface area contributed by atoms with Gasteiger partial charge < -0.3 is 10.4 Å². The van der Waals surface area contributed by atoms with Crippen LogP contribution in [0.25, 0.3) is 22.3 Å². The molecular formula is C20H12Cl2N4O2. The minimum atomic E-state index is -0.424. The largest absolute Gasteiger partial charge is 0.492 e. The Morgan fingerprint density at radius 1 is 0.929 bits per heavy atom. The highest BCUT2D eigenvalue weighted by molar-refractivity contribution is 6.33. The monoisotopic (exact) mass is 410 g/mol. The molecule has 28 heavy (non-hydrogen) atoms. The molecule has 0 aliphatic heterocycles. The highest BCUT2D eigenvalue weighted by Gasteiger charge is 2.13. The summed E-state index contributed by atoms with van der Waals surface area (Å²) in [7, 11) is 0. The van der Waals surface area contributed by atoms with Gasteiger partial charge in [0.05, 0.1) is 33.5 Å². The Bertz CT molecular complexity index is 1210. The number of para-hydroxylation sites is 2. The Kier molecular flexibility index (Phi) is 4.81. The van der Waals surface area contributed by atoms with Gasteiger partial charge in [0.2, 0.25) is 5.88 Å². The molecule has 138 valence electrons. The van der Waals surface area contributed by atoms with Crippen LogP contribution in [0.3, 0.4) is 0 Å². The van der Waals surface area contributed by atoms with Crippen LogP contribution < -0.4 is 5.32 Å². The standard InChI is InChI=1S/C20H12Cl2N4O2/c21-14-6-5-12(25-19(27)11-7-15(22)20(28)24-9-11)8-13(14)18-10-23-16-3-1-2-4-17(16)26-18/h1-10H,(H,24,28)(H,25,27). The molecule has 2 aromatic carbocycles. The number of hydrogen-bond donors (Lipinski definition) is 2. The van der Waals surface area contributed by atoms with E-state index in [0.717, 1.165) is 11.0 Å². The third kappa shape index (κ3) is 3.60. The lowest BCUT2D eigenvalue weighted by atomic mass is 10.1.